The van der Waals surface area contributed by atoms with Gasteiger partial charge in [0.05, 0.1) is 6.10 Å². The average molecular weight is 210 g/mol. The first-order valence-electron chi connectivity index (χ1n) is 4.27. The van der Waals surface area contributed by atoms with Gasteiger partial charge in [-0.1, -0.05) is 0 Å². The number of rotatable bonds is 3. The number of nitrogens with two attached hydrogens (primary N) is 1. The van der Waals surface area contributed by atoms with Crippen LogP contribution in [0.3, 0.4) is 0 Å². The molecular weight excluding hydrogens is 194 g/mol. The van der Waals surface area contributed by atoms with Gasteiger partial charge in [0, 0.05) is 6.04 Å². The van der Waals surface area contributed by atoms with Crippen molar-refractivity contribution < 1.29 is 14.6 Å². The third kappa shape index (κ3) is 5.08. The predicted octanol–water partition coefficient (Wildman–Crippen LogP) is 0.779. The van der Waals surface area contributed by atoms with Crippen LogP contribution in [0.15, 0.2) is 0 Å². The minimum Gasteiger partial charge on any atom is -0.480 e. The zero-order valence-electron chi connectivity index (χ0n) is 7.44. The Labute approximate surface area is 83.9 Å². The summed E-state index contributed by atoms with van der Waals surface area (Å²) in [6.07, 6.45) is 3.80. The maximum absolute atomic E-state index is 10.2. The Balaban J connectivity index is 0.00000144. The predicted molar refractivity (Wildman–Crippen MR) is 51.1 cm³/mol. The zero-order valence-corrected chi connectivity index (χ0v) is 8.26. The molecule has 0 unspecified atom stereocenters. The number of carboxylic acids is 1. The molecule has 1 aliphatic carbocycles. The minimum absolute atomic E-state index is 0. The molecule has 1 saturated carbocycles. The molecule has 0 atom stereocenters. The fourth-order valence-corrected chi connectivity index (χ4v) is 1.44. The summed E-state index contributed by atoms with van der Waals surface area (Å²) in [5.74, 6) is -0.898. The van der Waals surface area contributed by atoms with E-state index in [9.17, 15) is 4.79 Å². The lowest BCUT2D eigenvalue weighted by atomic mass is 9.94. The van der Waals surface area contributed by atoms with Gasteiger partial charge in [-0.05, 0) is 25.7 Å². The van der Waals surface area contributed by atoms with Gasteiger partial charge in [0.2, 0.25) is 0 Å². The van der Waals surface area contributed by atoms with Crippen molar-refractivity contribution in [1.82, 2.24) is 0 Å². The van der Waals surface area contributed by atoms with Crippen LogP contribution in [-0.4, -0.2) is 29.8 Å². The van der Waals surface area contributed by atoms with Crippen molar-refractivity contribution in [3.8, 4) is 0 Å². The third-order valence-electron chi connectivity index (χ3n) is 2.16. The van der Waals surface area contributed by atoms with Gasteiger partial charge in [-0.2, -0.15) is 0 Å². The van der Waals surface area contributed by atoms with E-state index in [2.05, 4.69) is 0 Å². The molecule has 0 saturated heterocycles. The summed E-state index contributed by atoms with van der Waals surface area (Å²) in [4.78, 5) is 10.2. The molecule has 0 heterocycles. The van der Waals surface area contributed by atoms with Gasteiger partial charge >= 0.3 is 5.97 Å². The number of halogens is 1. The molecule has 0 aliphatic heterocycles. The normalized spacial score (nSPS) is 27.8. The first-order valence-corrected chi connectivity index (χ1v) is 4.27. The van der Waals surface area contributed by atoms with E-state index in [1.807, 2.05) is 0 Å². The molecule has 3 N–H and O–H groups in total. The van der Waals surface area contributed by atoms with Gasteiger partial charge in [-0.3, -0.25) is 0 Å². The van der Waals surface area contributed by atoms with Crippen molar-refractivity contribution in [2.45, 2.75) is 37.8 Å². The second-order valence-electron chi connectivity index (χ2n) is 3.24. The molecule has 1 fully saturated rings. The summed E-state index contributed by atoms with van der Waals surface area (Å²) in [5.41, 5.74) is 5.68. The average Bonchev–Trinajstić information content (AvgIpc) is 2.03. The summed E-state index contributed by atoms with van der Waals surface area (Å²) in [6.45, 7) is -0.181. The van der Waals surface area contributed by atoms with Crippen molar-refractivity contribution in [3.63, 3.8) is 0 Å². The van der Waals surface area contributed by atoms with Gasteiger partial charge in [0.25, 0.3) is 0 Å². The fraction of sp³-hybridized carbons (Fsp3) is 0.875. The highest BCUT2D eigenvalue weighted by Gasteiger charge is 2.19. The van der Waals surface area contributed by atoms with Gasteiger partial charge in [0.15, 0.2) is 0 Å². The second-order valence-corrected chi connectivity index (χ2v) is 3.24. The third-order valence-corrected chi connectivity index (χ3v) is 2.16. The van der Waals surface area contributed by atoms with Gasteiger partial charge < -0.3 is 15.6 Å². The van der Waals surface area contributed by atoms with Gasteiger partial charge in [-0.25, -0.2) is 4.79 Å². The van der Waals surface area contributed by atoms with Crippen molar-refractivity contribution in [2.24, 2.45) is 5.73 Å². The number of carbonyl (C=O) groups is 1. The molecule has 0 radical (unpaired) electrons. The number of carboxylic acid groups (broad SMARTS) is 1. The summed E-state index contributed by atoms with van der Waals surface area (Å²) in [7, 11) is 0. The molecule has 78 valence electrons. The number of aliphatic carboxylic acids is 1. The molecule has 0 bridgehead atoms. The Kier molecular flexibility index (Phi) is 6.03. The van der Waals surface area contributed by atoms with Crippen molar-refractivity contribution in [3.05, 3.63) is 0 Å². The molecule has 0 aromatic heterocycles. The molecule has 0 aromatic carbocycles. The highest BCUT2D eigenvalue weighted by molar-refractivity contribution is 5.85. The molecule has 5 heteroatoms. The van der Waals surface area contributed by atoms with Crippen LogP contribution in [0.5, 0.6) is 0 Å². The van der Waals surface area contributed by atoms with E-state index in [-0.39, 0.29) is 31.2 Å². The fourth-order valence-electron chi connectivity index (χ4n) is 1.44. The first kappa shape index (κ1) is 12.7. The maximum Gasteiger partial charge on any atom is 0.329 e. The topological polar surface area (TPSA) is 72.5 Å². The molecule has 0 amide bonds. The first-order chi connectivity index (χ1) is 5.68. The SMILES string of the molecule is Cl.N[C@H]1CC[C@H](OCC(=O)O)CC1. The van der Waals surface area contributed by atoms with E-state index in [1.54, 1.807) is 0 Å². The Morgan fingerprint density at radius 2 is 1.92 bits per heavy atom. The molecule has 1 aliphatic rings. The van der Waals surface area contributed by atoms with E-state index in [1.165, 1.54) is 0 Å². The number of hydrogen-bond donors (Lipinski definition) is 2. The minimum atomic E-state index is -0.898. The van der Waals surface area contributed by atoms with Gasteiger partial charge in [0.1, 0.15) is 6.61 Å². The Hall–Kier alpha value is -0.320. The molecule has 0 aromatic rings. The zero-order chi connectivity index (χ0) is 8.97. The van der Waals surface area contributed by atoms with E-state index in [4.69, 9.17) is 15.6 Å². The standard InChI is InChI=1S/C8H15NO3.ClH/c9-6-1-3-7(4-2-6)12-5-8(10)11;/h6-7H,1-5,9H2,(H,10,11);1H/t6-,7-;. The Morgan fingerprint density at radius 3 is 2.38 bits per heavy atom. The lowest BCUT2D eigenvalue weighted by Gasteiger charge is -2.25. The molecule has 1 rings (SSSR count). The maximum atomic E-state index is 10.2. The highest BCUT2D eigenvalue weighted by Crippen LogP contribution is 2.19. The van der Waals surface area contributed by atoms with E-state index < -0.39 is 5.97 Å². The summed E-state index contributed by atoms with van der Waals surface area (Å²) in [5, 5.41) is 8.35. The molecule has 13 heavy (non-hydrogen) atoms. The van der Waals surface area contributed by atoms with Crippen LogP contribution < -0.4 is 5.73 Å². The highest BCUT2D eigenvalue weighted by atomic mass is 35.5. The Morgan fingerprint density at radius 1 is 1.38 bits per heavy atom. The monoisotopic (exact) mass is 209 g/mol. The molecular formula is C8H16ClNO3. The van der Waals surface area contributed by atoms with Crippen molar-refractivity contribution >= 4 is 18.4 Å². The van der Waals surface area contributed by atoms with Crippen LogP contribution in [0.25, 0.3) is 0 Å². The lowest BCUT2D eigenvalue weighted by molar-refractivity contribution is -0.145. The number of hydrogen-bond acceptors (Lipinski definition) is 3. The summed E-state index contributed by atoms with van der Waals surface area (Å²) >= 11 is 0. The van der Waals surface area contributed by atoms with Crippen molar-refractivity contribution in [1.29, 1.82) is 0 Å². The smallest absolute Gasteiger partial charge is 0.329 e. The quantitative estimate of drug-likeness (QED) is 0.721. The Bertz CT molecular complexity index is 157. The number of ether oxygens (including phenoxy) is 1. The lowest BCUT2D eigenvalue weighted by Crippen LogP contribution is -2.31. The van der Waals surface area contributed by atoms with Gasteiger partial charge in [-0.15, -0.1) is 12.4 Å². The van der Waals surface area contributed by atoms with Crippen LogP contribution in [-0.2, 0) is 9.53 Å². The van der Waals surface area contributed by atoms with E-state index >= 15 is 0 Å². The van der Waals surface area contributed by atoms with Crippen LogP contribution in [0, 0.1) is 0 Å². The van der Waals surface area contributed by atoms with E-state index in [0.29, 0.717) is 0 Å². The van der Waals surface area contributed by atoms with Crippen LogP contribution in [0.2, 0.25) is 0 Å². The second kappa shape index (κ2) is 6.18. The largest absolute Gasteiger partial charge is 0.480 e. The van der Waals surface area contributed by atoms with Crippen LogP contribution >= 0.6 is 12.4 Å². The van der Waals surface area contributed by atoms with Crippen LogP contribution in [0.1, 0.15) is 25.7 Å². The summed E-state index contributed by atoms with van der Waals surface area (Å²) < 4.78 is 5.14. The molecule has 0 spiro atoms. The van der Waals surface area contributed by atoms with Crippen molar-refractivity contribution in [2.75, 3.05) is 6.61 Å². The molecule has 4 nitrogen and oxygen atoms in total. The summed E-state index contributed by atoms with van der Waals surface area (Å²) in [6, 6.07) is 0.287. The van der Waals surface area contributed by atoms with Crippen LogP contribution in [0.4, 0.5) is 0 Å². The van der Waals surface area contributed by atoms with E-state index in [0.717, 1.165) is 25.7 Å².